The highest BCUT2D eigenvalue weighted by Crippen LogP contribution is 2.13. The average molecular weight is 338 g/mol. The summed E-state index contributed by atoms with van der Waals surface area (Å²) in [5.74, 6) is -0.312. The predicted molar refractivity (Wildman–Crippen MR) is 83.4 cm³/mol. The van der Waals surface area contributed by atoms with Crippen LogP contribution in [0.1, 0.15) is 5.56 Å². The highest BCUT2D eigenvalue weighted by atomic mass is 32.2. The summed E-state index contributed by atoms with van der Waals surface area (Å²) in [5, 5.41) is 5.16. The SMILES string of the molecule is O=C(NCCc1ccc(F)cc1)Nc1ccc(S(=O)(=O)O)cc1. The lowest BCUT2D eigenvalue weighted by Crippen LogP contribution is -2.30. The van der Waals surface area contributed by atoms with E-state index in [1.807, 2.05) is 0 Å². The monoisotopic (exact) mass is 338 g/mol. The van der Waals surface area contributed by atoms with E-state index in [2.05, 4.69) is 10.6 Å². The Morgan fingerprint density at radius 2 is 1.65 bits per heavy atom. The molecule has 2 aromatic carbocycles. The van der Waals surface area contributed by atoms with E-state index < -0.39 is 16.1 Å². The molecule has 0 atom stereocenters. The van der Waals surface area contributed by atoms with Crippen LogP contribution in [0.25, 0.3) is 0 Å². The number of hydrogen-bond acceptors (Lipinski definition) is 3. The molecule has 0 saturated heterocycles. The molecule has 122 valence electrons. The van der Waals surface area contributed by atoms with Crippen LogP contribution in [-0.2, 0) is 16.5 Å². The first kappa shape index (κ1) is 16.9. The van der Waals surface area contributed by atoms with Gasteiger partial charge in [0.25, 0.3) is 10.1 Å². The Morgan fingerprint density at radius 1 is 1.04 bits per heavy atom. The van der Waals surface area contributed by atoms with Gasteiger partial charge in [-0.15, -0.1) is 0 Å². The number of anilines is 1. The molecule has 0 aliphatic carbocycles. The van der Waals surface area contributed by atoms with Gasteiger partial charge in [0.15, 0.2) is 0 Å². The number of halogens is 1. The quantitative estimate of drug-likeness (QED) is 0.730. The van der Waals surface area contributed by atoms with Crippen molar-refractivity contribution < 1.29 is 22.2 Å². The maximum absolute atomic E-state index is 12.7. The van der Waals surface area contributed by atoms with Gasteiger partial charge in [-0.2, -0.15) is 8.42 Å². The Morgan fingerprint density at radius 3 is 2.22 bits per heavy atom. The lowest BCUT2D eigenvalue weighted by molar-refractivity contribution is 0.252. The summed E-state index contributed by atoms with van der Waals surface area (Å²) < 4.78 is 43.4. The fourth-order valence-electron chi connectivity index (χ4n) is 1.86. The molecule has 0 spiro atoms. The topological polar surface area (TPSA) is 95.5 Å². The third-order valence-corrected chi connectivity index (χ3v) is 3.89. The molecule has 6 nitrogen and oxygen atoms in total. The molecule has 8 heteroatoms. The number of carbonyl (C=O) groups is 1. The van der Waals surface area contributed by atoms with Crippen LogP contribution in [0.3, 0.4) is 0 Å². The molecule has 0 unspecified atom stereocenters. The van der Waals surface area contributed by atoms with Crippen molar-refractivity contribution in [1.82, 2.24) is 5.32 Å². The van der Waals surface area contributed by atoms with Crippen molar-refractivity contribution in [3.8, 4) is 0 Å². The first-order valence-corrected chi connectivity index (χ1v) is 8.15. The Balaban J connectivity index is 1.81. The molecule has 0 aliphatic heterocycles. The maximum atomic E-state index is 12.7. The van der Waals surface area contributed by atoms with E-state index in [0.717, 1.165) is 5.56 Å². The normalized spacial score (nSPS) is 11.0. The van der Waals surface area contributed by atoms with Gasteiger partial charge in [0.1, 0.15) is 5.82 Å². The molecule has 0 aliphatic rings. The standard InChI is InChI=1S/C15H15FN2O4S/c16-12-3-1-11(2-4-12)9-10-17-15(19)18-13-5-7-14(8-6-13)23(20,21)22/h1-8H,9-10H2,(H2,17,18,19)(H,20,21,22). The van der Waals surface area contributed by atoms with E-state index >= 15 is 0 Å². The summed E-state index contributed by atoms with van der Waals surface area (Å²) in [7, 11) is -4.25. The number of amides is 2. The van der Waals surface area contributed by atoms with Crippen molar-refractivity contribution in [3.63, 3.8) is 0 Å². The average Bonchev–Trinajstić information content (AvgIpc) is 2.49. The number of nitrogens with one attached hydrogen (secondary N) is 2. The highest BCUT2D eigenvalue weighted by molar-refractivity contribution is 7.85. The van der Waals surface area contributed by atoms with Crippen LogP contribution >= 0.6 is 0 Å². The zero-order valence-electron chi connectivity index (χ0n) is 12.0. The van der Waals surface area contributed by atoms with Crippen molar-refractivity contribution in [3.05, 3.63) is 59.9 Å². The Kier molecular flexibility index (Phi) is 5.30. The van der Waals surface area contributed by atoms with Crippen LogP contribution in [0.2, 0.25) is 0 Å². The van der Waals surface area contributed by atoms with Gasteiger partial charge >= 0.3 is 6.03 Å². The van der Waals surface area contributed by atoms with Crippen molar-refractivity contribution in [2.75, 3.05) is 11.9 Å². The summed E-state index contributed by atoms with van der Waals surface area (Å²) >= 11 is 0. The minimum Gasteiger partial charge on any atom is -0.338 e. The minimum atomic E-state index is -4.25. The minimum absolute atomic E-state index is 0.250. The molecule has 0 saturated carbocycles. The van der Waals surface area contributed by atoms with E-state index in [-0.39, 0.29) is 10.7 Å². The van der Waals surface area contributed by atoms with Gasteiger partial charge in [-0.05, 0) is 48.4 Å². The third kappa shape index (κ3) is 5.35. The zero-order valence-corrected chi connectivity index (χ0v) is 12.8. The van der Waals surface area contributed by atoms with Gasteiger partial charge in [0, 0.05) is 12.2 Å². The first-order valence-electron chi connectivity index (χ1n) is 6.71. The zero-order chi connectivity index (χ0) is 16.9. The molecule has 0 fully saturated rings. The van der Waals surface area contributed by atoms with E-state index in [1.54, 1.807) is 12.1 Å². The summed E-state index contributed by atoms with van der Waals surface area (Å²) in [6, 6.07) is 10.6. The largest absolute Gasteiger partial charge is 0.338 e. The molecule has 0 aromatic heterocycles. The lowest BCUT2D eigenvalue weighted by atomic mass is 10.1. The van der Waals surface area contributed by atoms with Gasteiger partial charge in [-0.1, -0.05) is 12.1 Å². The molecule has 0 heterocycles. The van der Waals surface area contributed by atoms with Crippen LogP contribution in [0.4, 0.5) is 14.9 Å². The second-order valence-electron chi connectivity index (χ2n) is 4.76. The molecule has 3 N–H and O–H groups in total. The first-order chi connectivity index (χ1) is 10.8. The number of urea groups is 1. The molecule has 2 aromatic rings. The van der Waals surface area contributed by atoms with Crippen molar-refractivity contribution in [2.45, 2.75) is 11.3 Å². The van der Waals surface area contributed by atoms with E-state index in [9.17, 15) is 17.6 Å². The lowest BCUT2D eigenvalue weighted by Gasteiger charge is -2.08. The number of carbonyl (C=O) groups excluding carboxylic acids is 1. The fourth-order valence-corrected chi connectivity index (χ4v) is 2.34. The van der Waals surface area contributed by atoms with Gasteiger partial charge in [0.2, 0.25) is 0 Å². The third-order valence-electron chi connectivity index (χ3n) is 3.02. The summed E-state index contributed by atoms with van der Waals surface area (Å²) in [6.07, 6.45) is 0.551. The van der Waals surface area contributed by atoms with Crippen LogP contribution in [0.15, 0.2) is 53.4 Å². The molecule has 23 heavy (non-hydrogen) atoms. The van der Waals surface area contributed by atoms with Crippen molar-refractivity contribution in [2.24, 2.45) is 0 Å². The van der Waals surface area contributed by atoms with Gasteiger partial charge in [-0.25, -0.2) is 9.18 Å². The van der Waals surface area contributed by atoms with E-state index in [0.29, 0.717) is 18.7 Å². The van der Waals surface area contributed by atoms with Crippen LogP contribution < -0.4 is 10.6 Å². The van der Waals surface area contributed by atoms with E-state index in [4.69, 9.17) is 4.55 Å². The van der Waals surface area contributed by atoms with Crippen LogP contribution in [0, 0.1) is 5.82 Å². The predicted octanol–water partition coefficient (Wildman–Crippen LogP) is 2.44. The van der Waals surface area contributed by atoms with Crippen LogP contribution in [-0.4, -0.2) is 25.5 Å². The maximum Gasteiger partial charge on any atom is 0.319 e. The summed E-state index contributed by atoms with van der Waals surface area (Å²) in [5.41, 5.74) is 1.28. The van der Waals surface area contributed by atoms with Gasteiger partial charge in [-0.3, -0.25) is 4.55 Å². The molecular weight excluding hydrogens is 323 g/mol. The van der Waals surface area contributed by atoms with Gasteiger partial charge < -0.3 is 10.6 Å². The second-order valence-corrected chi connectivity index (χ2v) is 6.18. The molecular formula is C15H15FN2O4S. The summed E-state index contributed by atoms with van der Waals surface area (Å²) in [6.45, 7) is 0.362. The molecule has 0 radical (unpaired) electrons. The number of hydrogen-bond donors (Lipinski definition) is 3. The van der Waals surface area contributed by atoms with Crippen molar-refractivity contribution in [1.29, 1.82) is 0 Å². The molecule has 2 rings (SSSR count). The van der Waals surface area contributed by atoms with E-state index in [1.165, 1.54) is 36.4 Å². The van der Waals surface area contributed by atoms with Crippen molar-refractivity contribution >= 4 is 21.8 Å². The van der Waals surface area contributed by atoms with Crippen LogP contribution in [0.5, 0.6) is 0 Å². The second kappa shape index (κ2) is 7.21. The molecule has 2 amide bonds. The molecule has 0 bridgehead atoms. The fraction of sp³-hybridized carbons (Fsp3) is 0.133. The summed E-state index contributed by atoms with van der Waals surface area (Å²) in [4.78, 5) is 11.4. The van der Waals surface area contributed by atoms with Gasteiger partial charge in [0.05, 0.1) is 4.90 Å². The smallest absolute Gasteiger partial charge is 0.319 e. The Labute approximate surface area is 133 Å². The number of rotatable bonds is 5. The Bertz CT molecular complexity index is 774. The Hall–Kier alpha value is -2.45. The number of benzene rings is 2. The highest BCUT2D eigenvalue weighted by Gasteiger charge is 2.09.